The quantitative estimate of drug-likeness (QED) is 0.852. The first kappa shape index (κ1) is 15.1. The van der Waals surface area contributed by atoms with Gasteiger partial charge < -0.3 is 10.0 Å². The molecular formula is C14H20N2O3. The number of amides is 1. The molecule has 0 unspecified atom stereocenters. The Kier molecular flexibility index (Phi) is 5.03. The van der Waals surface area contributed by atoms with Crippen molar-refractivity contribution in [2.45, 2.75) is 33.7 Å². The summed E-state index contributed by atoms with van der Waals surface area (Å²) in [6.07, 6.45) is 1.66. The number of nitrogens with zero attached hydrogens (tertiary/aromatic N) is 2. The molecule has 0 saturated carbocycles. The predicted molar refractivity (Wildman–Crippen MR) is 71.4 cm³/mol. The molecule has 0 aromatic carbocycles. The molecule has 0 saturated heterocycles. The van der Waals surface area contributed by atoms with Crippen LogP contribution in [0.4, 0.5) is 0 Å². The third kappa shape index (κ3) is 4.35. The fourth-order valence-corrected chi connectivity index (χ4v) is 1.63. The van der Waals surface area contributed by atoms with Crippen LogP contribution in [0, 0.1) is 5.41 Å². The number of carboxylic acids is 1. The molecule has 0 bridgehead atoms. The number of pyridine rings is 1. The molecule has 0 spiro atoms. The number of aliphatic carboxylic acids is 1. The molecule has 1 N–H and O–H groups in total. The number of carboxylic acid groups (broad SMARTS) is 1. The molecule has 0 atom stereocenters. The molecule has 5 heteroatoms. The Balaban J connectivity index is 2.70. The van der Waals surface area contributed by atoms with E-state index < -0.39 is 11.4 Å². The zero-order valence-corrected chi connectivity index (χ0v) is 11.6. The van der Waals surface area contributed by atoms with Gasteiger partial charge in [-0.05, 0) is 32.9 Å². The van der Waals surface area contributed by atoms with Gasteiger partial charge in [0.25, 0.3) is 0 Å². The summed E-state index contributed by atoms with van der Waals surface area (Å²) in [4.78, 5) is 29.0. The van der Waals surface area contributed by atoms with Crippen molar-refractivity contribution in [3.8, 4) is 0 Å². The van der Waals surface area contributed by atoms with Crippen molar-refractivity contribution >= 4 is 11.9 Å². The molecule has 1 rings (SSSR count). The lowest BCUT2D eigenvalue weighted by molar-refractivity contribution is -0.151. The van der Waals surface area contributed by atoms with E-state index in [0.717, 1.165) is 5.69 Å². The van der Waals surface area contributed by atoms with E-state index in [4.69, 9.17) is 5.11 Å². The maximum atomic E-state index is 12.1. The van der Waals surface area contributed by atoms with Gasteiger partial charge in [-0.25, -0.2) is 0 Å². The highest BCUT2D eigenvalue weighted by molar-refractivity contribution is 5.84. The standard InChI is InChI=1S/C14H20N2O3/c1-4-16(10-11-7-5-6-8-15-11)12(17)9-14(2,3)13(18)19/h5-8H,4,9-10H2,1-3H3,(H,18,19). The fraction of sp³-hybridized carbons (Fsp3) is 0.500. The van der Waals surface area contributed by atoms with E-state index in [1.54, 1.807) is 24.9 Å². The summed E-state index contributed by atoms with van der Waals surface area (Å²) in [6, 6.07) is 5.52. The van der Waals surface area contributed by atoms with Crippen LogP contribution in [0.2, 0.25) is 0 Å². The average molecular weight is 264 g/mol. The van der Waals surface area contributed by atoms with Crippen molar-refractivity contribution in [2.75, 3.05) is 6.54 Å². The number of rotatable bonds is 6. The molecule has 0 radical (unpaired) electrons. The third-order valence-corrected chi connectivity index (χ3v) is 2.99. The molecule has 0 aliphatic rings. The van der Waals surface area contributed by atoms with E-state index in [-0.39, 0.29) is 12.3 Å². The van der Waals surface area contributed by atoms with Crippen molar-refractivity contribution in [1.82, 2.24) is 9.88 Å². The van der Waals surface area contributed by atoms with E-state index in [1.807, 2.05) is 25.1 Å². The second-order valence-electron chi connectivity index (χ2n) is 5.09. The van der Waals surface area contributed by atoms with Crippen molar-refractivity contribution in [2.24, 2.45) is 5.41 Å². The number of carbonyl (C=O) groups excluding carboxylic acids is 1. The monoisotopic (exact) mass is 264 g/mol. The second kappa shape index (κ2) is 6.31. The molecule has 0 aliphatic carbocycles. The van der Waals surface area contributed by atoms with Crippen LogP contribution in [0.3, 0.4) is 0 Å². The molecule has 1 aromatic rings. The molecule has 1 heterocycles. The van der Waals surface area contributed by atoms with Crippen LogP contribution in [0.5, 0.6) is 0 Å². The largest absolute Gasteiger partial charge is 0.481 e. The minimum atomic E-state index is -1.05. The number of carbonyl (C=O) groups is 2. The minimum absolute atomic E-state index is 0.0109. The highest BCUT2D eigenvalue weighted by Crippen LogP contribution is 2.22. The van der Waals surface area contributed by atoms with E-state index in [9.17, 15) is 9.59 Å². The number of hydrogen-bond donors (Lipinski definition) is 1. The van der Waals surface area contributed by atoms with Gasteiger partial charge in [0.1, 0.15) is 0 Å². The highest BCUT2D eigenvalue weighted by atomic mass is 16.4. The zero-order chi connectivity index (χ0) is 14.5. The summed E-state index contributed by atoms with van der Waals surface area (Å²) in [5.74, 6) is -1.13. The van der Waals surface area contributed by atoms with Gasteiger partial charge in [-0.3, -0.25) is 14.6 Å². The topological polar surface area (TPSA) is 70.5 Å². The summed E-state index contributed by atoms with van der Waals surface area (Å²) in [6.45, 7) is 5.93. The Morgan fingerprint density at radius 1 is 1.37 bits per heavy atom. The third-order valence-electron chi connectivity index (χ3n) is 2.99. The molecule has 19 heavy (non-hydrogen) atoms. The Morgan fingerprint density at radius 3 is 2.53 bits per heavy atom. The number of hydrogen-bond acceptors (Lipinski definition) is 3. The van der Waals surface area contributed by atoms with Crippen molar-refractivity contribution < 1.29 is 14.7 Å². The summed E-state index contributed by atoms with van der Waals surface area (Å²) < 4.78 is 0. The Hall–Kier alpha value is -1.91. The van der Waals surface area contributed by atoms with Crippen LogP contribution >= 0.6 is 0 Å². The normalized spacial score (nSPS) is 11.1. The SMILES string of the molecule is CCN(Cc1ccccn1)C(=O)CC(C)(C)C(=O)O. The maximum Gasteiger partial charge on any atom is 0.309 e. The first-order valence-corrected chi connectivity index (χ1v) is 6.28. The van der Waals surface area contributed by atoms with Gasteiger partial charge in [-0.15, -0.1) is 0 Å². The molecule has 1 aromatic heterocycles. The average Bonchev–Trinajstić information content (AvgIpc) is 2.36. The smallest absolute Gasteiger partial charge is 0.309 e. The lowest BCUT2D eigenvalue weighted by atomic mass is 9.89. The molecule has 1 amide bonds. The van der Waals surface area contributed by atoms with Crippen molar-refractivity contribution in [1.29, 1.82) is 0 Å². The van der Waals surface area contributed by atoms with E-state index in [1.165, 1.54) is 0 Å². The minimum Gasteiger partial charge on any atom is -0.481 e. The first-order chi connectivity index (χ1) is 8.86. The first-order valence-electron chi connectivity index (χ1n) is 6.28. The second-order valence-corrected chi connectivity index (χ2v) is 5.09. The van der Waals surface area contributed by atoms with Crippen molar-refractivity contribution in [3.05, 3.63) is 30.1 Å². The van der Waals surface area contributed by atoms with Crippen LogP contribution in [-0.4, -0.2) is 33.4 Å². The molecular weight excluding hydrogens is 244 g/mol. The fourth-order valence-electron chi connectivity index (χ4n) is 1.63. The predicted octanol–water partition coefficient (Wildman–Crippen LogP) is 1.93. The maximum absolute atomic E-state index is 12.1. The molecule has 5 nitrogen and oxygen atoms in total. The van der Waals surface area contributed by atoms with Crippen LogP contribution in [0.1, 0.15) is 32.9 Å². The van der Waals surface area contributed by atoms with Crippen LogP contribution in [-0.2, 0) is 16.1 Å². The summed E-state index contributed by atoms with van der Waals surface area (Å²) in [7, 11) is 0. The van der Waals surface area contributed by atoms with E-state index in [0.29, 0.717) is 13.1 Å². The number of aromatic nitrogens is 1. The van der Waals surface area contributed by atoms with Gasteiger partial charge in [-0.1, -0.05) is 6.07 Å². The zero-order valence-electron chi connectivity index (χ0n) is 11.6. The van der Waals surface area contributed by atoms with Gasteiger partial charge in [0.15, 0.2) is 0 Å². The van der Waals surface area contributed by atoms with Gasteiger partial charge in [0.2, 0.25) is 5.91 Å². The molecule has 0 fully saturated rings. The van der Waals surface area contributed by atoms with Gasteiger partial charge in [0.05, 0.1) is 17.7 Å². The van der Waals surface area contributed by atoms with Crippen molar-refractivity contribution in [3.63, 3.8) is 0 Å². The Labute approximate surface area is 113 Å². The van der Waals surface area contributed by atoms with E-state index >= 15 is 0 Å². The highest BCUT2D eigenvalue weighted by Gasteiger charge is 2.31. The van der Waals surface area contributed by atoms with Gasteiger partial charge in [-0.2, -0.15) is 0 Å². The summed E-state index contributed by atoms with van der Waals surface area (Å²) in [5.41, 5.74) is -0.250. The van der Waals surface area contributed by atoms with Crippen LogP contribution < -0.4 is 0 Å². The Morgan fingerprint density at radius 2 is 2.05 bits per heavy atom. The van der Waals surface area contributed by atoms with Gasteiger partial charge in [0, 0.05) is 19.2 Å². The summed E-state index contributed by atoms with van der Waals surface area (Å²) in [5, 5.41) is 9.05. The van der Waals surface area contributed by atoms with Crippen LogP contribution in [0.25, 0.3) is 0 Å². The summed E-state index contributed by atoms with van der Waals surface area (Å²) >= 11 is 0. The Bertz CT molecular complexity index is 443. The molecule has 0 aliphatic heterocycles. The van der Waals surface area contributed by atoms with Gasteiger partial charge >= 0.3 is 5.97 Å². The lowest BCUT2D eigenvalue weighted by Gasteiger charge is -2.25. The van der Waals surface area contributed by atoms with E-state index in [2.05, 4.69) is 4.98 Å². The molecule has 104 valence electrons. The van der Waals surface area contributed by atoms with Crippen LogP contribution in [0.15, 0.2) is 24.4 Å². The lowest BCUT2D eigenvalue weighted by Crippen LogP contribution is -2.36.